The van der Waals surface area contributed by atoms with Crippen molar-refractivity contribution in [2.45, 2.75) is 45.9 Å². The number of amidine groups is 1. The maximum Gasteiger partial charge on any atom is 0.350 e. The molecule has 1 rings (SSSR count). The molecular formula is C16H23N3O4. The molecule has 0 amide bonds. The van der Waals surface area contributed by atoms with Gasteiger partial charge in [-0.15, -0.1) is 0 Å². The number of anilines is 1. The molecular weight excluding hydrogens is 298 g/mol. The highest BCUT2D eigenvalue weighted by Gasteiger charge is 2.34. The minimum Gasteiger partial charge on any atom is -0.478 e. The molecule has 23 heavy (non-hydrogen) atoms. The van der Waals surface area contributed by atoms with Crippen LogP contribution in [0.4, 0.5) is 5.69 Å². The number of nitrogens with one attached hydrogen (secondary N) is 3. The van der Waals surface area contributed by atoms with E-state index in [-0.39, 0.29) is 11.4 Å². The maximum absolute atomic E-state index is 12.3. The molecule has 0 aliphatic heterocycles. The van der Waals surface area contributed by atoms with Gasteiger partial charge in [-0.3, -0.25) is 5.41 Å². The van der Waals surface area contributed by atoms with Crippen LogP contribution in [0.2, 0.25) is 0 Å². The van der Waals surface area contributed by atoms with Crippen LogP contribution in [0.25, 0.3) is 0 Å². The number of esters is 1. The number of carboxylic acid groups (broad SMARTS) is 1. The van der Waals surface area contributed by atoms with Gasteiger partial charge in [0.1, 0.15) is 5.60 Å². The molecule has 0 heterocycles. The lowest BCUT2D eigenvalue weighted by Gasteiger charge is -2.30. The topological polar surface area (TPSA) is 112 Å². The van der Waals surface area contributed by atoms with E-state index in [1.165, 1.54) is 13.8 Å². The Balaban J connectivity index is 3.16. The second kappa shape index (κ2) is 6.68. The minimum atomic E-state index is -1.63. The average Bonchev–Trinajstić information content (AvgIpc) is 2.35. The molecule has 0 spiro atoms. The normalized spacial score (nSPS) is 13.6. The minimum absolute atomic E-state index is 0.0165. The van der Waals surface area contributed by atoms with Crippen molar-refractivity contribution in [3.63, 3.8) is 0 Å². The Bertz CT molecular complexity index is 622. The van der Waals surface area contributed by atoms with Gasteiger partial charge in [0, 0.05) is 0 Å². The first kappa shape index (κ1) is 18.5. The molecule has 126 valence electrons. The number of aliphatic carboxylic acids is 1. The van der Waals surface area contributed by atoms with Crippen LogP contribution >= 0.6 is 0 Å². The molecule has 7 nitrogen and oxygen atoms in total. The highest BCUT2D eigenvalue weighted by molar-refractivity contribution is 5.97. The van der Waals surface area contributed by atoms with Crippen LogP contribution in [0, 0.1) is 5.41 Å². The number of hydrogen-bond acceptors (Lipinski definition) is 5. The smallest absolute Gasteiger partial charge is 0.350 e. The summed E-state index contributed by atoms with van der Waals surface area (Å²) in [5.74, 6) is -1.78. The first-order chi connectivity index (χ1) is 10.4. The summed E-state index contributed by atoms with van der Waals surface area (Å²) in [6.07, 6.45) is 0. The predicted molar refractivity (Wildman–Crippen MR) is 87.8 cm³/mol. The Labute approximate surface area is 135 Å². The van der Waals surface area contributed by atoms with E-state index in [0.717, 1.165) is 0 Å². The first-order valence-electron chi connectivity index (χ1n) is 7.12. The third-order valence-electron chi connectivity index (χ3n) is 2.80. The third-order valence-corrected chi connectivity index (χ3v) is 2.80. The van der Waals surface area contributed by atoms with Gasteiger partial charge in [-0.1, -0.05) is 12.1 Å². The summed E-state index contributed by atoms with van der Waals surface area (Å²) in [5, 5.41) is 22.2. The van der Waals surface area contributed by atoms with Crippen molar-refractivity contribution < 1.29 is 19.4 Å². The number of carboxylic acids is 1. The van der Waals surface area contributed by atoms with Gasteiger partial charge in [0.15, 0.2) is 0 Å². The third kappa shape index (κ3) is 5.28. The molecule has 0 aliphatic rings. The standard InChI is InChI=1S/C16H23N3O4/c1-10(17)18-16(5,14(21)22)19-12-9-7-6-8-11(12)13(20)23-15(2,3)4/h6-9,19H,1-5H3,(H2,17,18)(H,21,22). The zero-order valence-electron chi connectivity index (χ0n) is 14.0. The molecule has 7 heteroatoms. The van der Waals surface area contributed by atoms with Crippen molar-refractivity contribution >= 4 is 23.5 Å². The van der Waals surface area contributed by atoms with Crippen molar-refractivity contribution in [2.75, 3.05) is 5.32 Å². The fourth-order valence-electron chi connectivity index (χ4n) is 1.89. The van der Waals surface area contributed by atoms with Crippen LogP contribution in [0.15, 0.2) is 24.3 Å². The SMILES string of the molecule is CC(=N)NC(C)(Nc1ccccc1C(=O)OC(C)(C)C)C(=O)O. The number of hydrogen-bond donors (Lipinski definition) is 4. The highest BCUT2D eigenvalue weighted by atomic mass is 16.6. The lowest BCUT2D eigenvalue weighted by molar-refractivity contribution is -0.142. The Morgan fingerprint density at radius 2 is 1.74 bits per heavy atom. The maximum atomic E-state index is 12.3. The quantitative estimate of drug-likeness (QED) is 0.287. The van der Waals surface area contributed by atoms with Crippen LogP contribution in [0.3, 0.4) is 0 Å². The van der Waals surface area contributed by atoms with Crippen molar-refractivity contribution in [2.24, 2.45) is 0 Å². The number of para-hydroxylation sites is 1. The van der Waals surface area contributed by atoms with Crippen LogP contribution < -0.4 is 10.6 Å². The van der Waals surface area contributed by atoms with Crippen molar-refractivity contribution in [1.82, 2.24) is 5.32 Å². The molecule has 1 unspecified atom stereocenters. The number of carbonyl (C=O) groups is 2. The number of rotatable bonds is 5. The molecule has 1 aromatic rings. The Kier molecular flexibility index (Phi) is 5.37. The molecule has 0 fully saturated rings. The van der Waals surface area contributed by atoms with Gasteiger partial charge in [-0.25, -0.2) is 9.59 Å². The molecule has 0 radical (unpaired) electrons. The van der Waals surface area contributed by atoms with Crippen LogP contribution in [-0.4, -0.2) is 34.1 Å². The van der Waals surface area contributed by atoms with E-state index in [4.69, 9.17) is 10.1 Å². The lowest BCUT2D eigenvalue weighted by Crippen LogP contribution is -2.57. The van der Waals surface area contributed by atoms with Gasteiger partial charge < -0.3 is 20.5 Å². The predicted octanol–water partition coefficient (Wildman–Crippen LogP) is 2.44. The monoisotopic (exact) mass is 321 g/mol. The largest absolute Gasteiger partial charge is 0.478 e. The summed E-state index contributed by atoms with van der Waals surface area (Å²) in [6, 6.07) is 6.48. The molecule has 1 atom stereocenters. The summed E-state index contributed by atoms with van der Waals surface area (Å²) in [7, 11) is 0. The van der Waals surface area contributed by atoms with E-state index in [1.807, 2.05) is 0 Å². The van der Waals surface area contributed by atoms with E-state index in [9.17, 15) is 14.7 Å². The summed E-state index contributed by atoms with van der Waals surface area (Å²) in [6.45, 7) is 8.06. The number of benzene rings is 1. The van der Waals surface area contributed by atoms with Gasteiger partial charge in [0.2, 0.25) is 5.66 Å². The fourth-order valence-corrected chi connectivity index (χ4v) is 1.89. The molecule has 0 bridgehead atoms. The van der Waals surface area contributed by atoms with Crippen molar-refractivity contribution in [3.05, 3.63) is 29.8 Å². The van der Waals surface area contributed by atoms with Gasteiger partial charge in [-0.05, 0) is 46.8 Å². The van der Waals surface area contributed by atoms with Gasteiger partial charge in [0.05, 0.1) is 17.1 Å². The number of carbonyl (C=O) groups excluding carboxylic acids is 1. The number of ether oxygens (including phenoxy) is 1. The molecule has 4 N–H and O–H groups in total. The zero-order chi connectivity index (χ0) is 17.8. The molecule has 0 aromatic heterocycles. The summed E-state index contributed by atoms with van der Waals surface area (Å²) in [4.78, 5) is 23.8. The highest BCUT2D eigenvalue weighted by Crippen LogP contribution is 2.22. The Morgan fingerprint density at radius 1 is 1.17 bits per heavy atom. The van der Waals surface area contributed by atoms with E-state index < -0.39 is 23.2 Å². The average molecular weight is 321 g/mol. The summed E-state index contributed by atoms with van der Waals surface area (Å²) in [5.41, 5.74) is -1.77. The second-order valence-electron chi connectivity index (χ2n) is 6.35. The van der Waals surface area contributed by atoms with E-state index >= 15 is 0 Å². The second-order valence-corrected chi connectivity index (χ2v) is 6.35. The van der Waals surface area contributed by atoms with E-state index in [0.29, 0.717) is 5.69 Å². The van der Waals surface area contributed by atoms with Crippen LogP contribution in [-0.2, 0) is 9.53 Å². The Morgan fingerprint density at radius 3 is 2.22 bits per heavy atom. The summed E-state index contributed by atoms with van der Waals surface area (Å²) >= 11 is 0. The van der Waals surface area contributed by atoms with Crippen molar-refractivity contribution in [1.29, 1.82) is 5.41 Å². The van der Waals surface area contributed by atoms with Crippen LogP contribution in [0.5, 0.6) is 0 Å². The summed E-state index contributed by atoms with van der Waals surface area (Å²) < 4.78 is 5.33. The van der Waals surface area contributed by atoms with Crippen LogP contribution in [0.1, 0.15) is 45.0 Å². The van der Waals surface area contributed by atoms with Crippen molar-refractivity contribution in [3.8, 4) is 0 Å². The molecule has 0 saturated heterocycles. The molecule has 0 aliphatic carbocycles. The van der Waals surface area contributed by atoms with Gasteiger partial charge in [0.25, 0.3) is 0 Å². The van der Waals surface area contributed by atoms with E-state index in [1.54, 1.807) is 45.0 Å². The lowest BCUT2D eigenvalue weighted by atomic mass is 10.1. The van der Waals surface area contributed by atoms with Gasteiger partial charge >= 0.3 is 11.9 Å². The zero-order valence-corrected chi connectivity index (χ0v) is 14.0. The first-order valence-corrected chi connectivity index (χ1v) is 7.12. The molecule has 0 saturated carbocycles. The fraction of sp³-hybridized carbons (Fsp3) is 0.438. The van der Waals surface area contributed by atoms with Gasteiger partial charge in [-0.2, -0.15) is 0 Å². The Hall–Kier alpha value is -2.57. The molecule has 1 aromatic carbocycles. The van der Waals surface area contributed by atoms with E-state index in [2.05, 4.69) is 10.6 Å².